The van der Waals surface area contributed by atoms with Gasteiger partial charge >= 0.3 is 5.91 Å². The minimum Gasteiger partial charge on any atom is -0.618 e. The van der Waals surface area contributed by atoms with Gasteiger partial charge in [0.05, 0.1) is 15.8 Å². The maximum atomic E-state index is 13.2. The van der Waals surface area contributed by atoms with Crippen molar-refractivity contribution >= 4 is 56.9 Å². The van der Waals surface area contributed by atoms with Crippen LogP contribution >= 0.6 is 11.6 Å². The van der Waals surface area contributed by atoms with Gasteiger partial charge in [-0.05, 0) is 97.1 Å². The number of benzene rings is 3. The van der Waals surface area contributed by atoms with Gasteiger partial charge in [0.25, 0.3) is 5.69 Å². The predicted molar refractivity (Wildman–Crippen MR) is 203 cm³/mol. The molecule has 0 aliphatic carbocycles. The molecule has 0 fully saturated rings. The van der Waals surface area contributed by atoms with Gasteiger partial charge in [-0.1, -0.05) is 11.6 Å². The second-order valence-electron chi connectivity index (χ2n) is 11.7. The summed E-state index contributed by atoms with van der Waals surface area (Å²) in [5.74, 6) is 1.28. The number of halogens is 2. The molecule has 3 aromatic carbocycles. The highest BCUT2D eigenvalue weighted by atomic mass is 35.5. The molecule has 0 aliphatic heterocycles. The van der Waals surface area contributed by atoms with Crippen molar-refractivity contribution < 1.29 is 28.2 Å². The molecule has 0 saturated carbocycles. The van der Waals surface area contributed by atoms with E-state index < -0.39 is 11.7 Å². The topological polar surface area (TPSA) is 161 Å². The number of amides is 2. The highest BCUT2D eigenvalue weighted by Gasteiger charge is 2.21. The lowest BCUT2D eigenvalue weighted by Crippen LogP contribution is -2.38. The quantitative estimate of drug-likeness (QED) is 0.0893. The van der Waals surface area contributed by atoms with Gasteiger partial charge in [-0.15, -0.1) is 0 Å². The van der Waals surface area contributed by atoms with Gasteiger partial charge in [-0.3, -0.25) is 9.59 Å². The Labute approximate surface area is 311 Å². The first-order valence-electron chi connectivity index (χ1n) is 16.4. The summed E-state index contributed by atoms with van der Waals surface area (Å²) in [5.41, 5.74) is 3.20. The Morgan fingerprint density at radius 2 is 1.37 bits per heavy atom. The summed E-state index contributed by atoms with van der Waals surface area (Å²) in [6.07, 6.45) is 6.90. The Kier molecular flexibility index (Phi) is 10.1. The summed E-state index contributed by atoms with van der Waals surface area (Å²) in [5, 5.41) is 20.2. The largest absolute Gasteiger partial charge is 0.618 e. The Hall–Kier alpha value is -7.25. The molecule has 0 atom stereocenters. The third-order valence-corrected chi connectivity index (χ3v) is 8.27. The summed E-state index contributed by atoms with van der Waals surface area (Å²) in [6.45, 7) is 1.48. The molecule has 8 rings (SSSR count). The molecule has 268 valence electrons. The van der Waals surface area contributed by atoms with Crippen LogP contribution in [-0.2, 0) is 4.79 Å². The van der Waals surface area contributed by atoms with Gasteiger partial charge in [0.15, 0.2) is 0 Å². The molecule has 0 aliphatic rings. The minimum absolute atomic E-state index is 0.0955. The van der Waals surface area contributed by atoms with E-state index in [0.29, 0.717) is 38.9 Å². The molecule has 0 spiro atoms. The van der Waals surface area contributed by atoms with E-state index in [-0.39, 0.29) is 22.3 Å². The van der Waals surface area contributed by atoms with Crippen LogP contribution in [0, 0.1) is 11.0 Å². The first-order chi connectivity index (χ1) is 26.2. The molecule has 2 amide bonds. The number of ether oxygens (including phenoxy) is 2. The number of carbonyl (C=O) groups is 2. The molecule has 0 saturated heterocycles. The van der Waals surface area contributed by atoms with Gasteiger partial charge in [0, 0.05) is 60.8 Å². The van der Waals surface area contributed by atoms with Crippen molar-refractivity contribution in [3.05, 3.63) is 156 Å². The van der Waals surface area contributed by atoms with Crippen LogP contribution in [0.4, 0.5) is 15.8 Å². The molecule has 5 aromatic heterocycles. The Balaban J connectivity index is 0.000000191. The zero-order valence-corrected chi connectivity index (χ0v) is 29.1. The molecule has 14 heteroatoms. The fourth-order valence-corrected chi connectivity index (χ4v) is 5.68. The minimum atomic E-state index is -0.619. The fourth-order valence-electron chi connectivity index (χ4n) is 5.46. The molecule has 8 aromatic rings. The molecule has 0 bridgehead atoms. The van der Waals surface area contributed by atoms with Gasteiger partial charge < -0.3 is 35.3 Å². The highest BCUT2D eigenvalue weighted by molar-refractivity contribution is 6.32. The zero-order chi connectivity index (χ0) is 37.6. The van der Waals surface area contributed by atoms with E-state index in [0.717, 1.165) is 27.9 Å². The van der Waals surface area contributed by atoms with E-state index in [1.54, 1.807) is 61.1 Å². The van der Waals surface area contributed by atoms with Crippen LogP contribution < -0.4 is 24.8 Å². The number of aromatic amines is 2. The Morgan fingerprint density at radius 1 is 0.741 bits per heavy atom. The van der Waals surface area contributed by atoms with Gasteiger partial charge in [-0.2, -0.15) is 4.73 Å². The van der Waals surface area contributed by atoms with E-state index in [2.05, 4.69) is 30.6 Å². The second-order valence-corrected chi connectivity index (χ2v) is 12.1. The SMILES string of the molecule is CC(=O)Nc1ccc(Oc2ccnc3[nH]ccc23)cc1.O=C(Nc1ccc(Oc2ccnc3[nH]ccc23)c(Cl)c1)c1cccc(-c2ccc(F)cc2)[n+]1[O-]. The average molecular weight is 742 g/mol. The van der Waals surface area contributed by atoms with E-state index >= 15 is 0 Å². The summed E-state index contributed by atoms with van der Waals surface area (Å²) in [6, 6.07) is 29.3. The monoisotopic (exact) mass is 741 g/mol. The van der Waals surface area contributed by atoms with Crippen LogP contribution in [0.2, 0.25) is 5.02 Å². The number of pyridine rings is 3. The van der Waals surface area contributed by atoms with Gasteiger partial charge in [0.1, 0.15) is 40.1 Å². The Bertz CT molecular complexity index is 2610. The number of rotatable bonds is 8. The Morgan fingerprint density at radius 3 is 2.00 bits per heavy atom. The lowest BCUT2D eigenvalue weighted by atomic mass is 10.1. The number of aromatic nitrogens is 5. The first-order valence-corrected chi connectivity index (χ1v) is 16.8. The van der Waals surface area contributed by atoms with Crippen molar-refractivity contribution in [3.8, 4) is 34.3 Å². The summed E-state index contributed by atoms with van der Waals surface area (Å²) in [7, 11) is 0. The van der Waals surface area contributed by atoms with Crippen LogP contribution in [0.25, 0.3) is 33.3 Å². The van der Waals surface area contributed by atoms with Crippen LogP contribution in [0.5, 0.6) is 23.0 Å². The van der Waals surface area contributed by atoms with E-state index in [9.17, 15) is 19.2 Å². The molecular formula is C40H29ClFN7O5. The van der Waals surface area contributed by atoms with Gasteiger partial charge in [0.2, 0.25) is 11.6 Å². The van der Waals surface area contributed by atoms with Crippen LogP contribution in [0.1, 0.15) is 17.4 Å². The molecule has 0 radical (unpaired) electrons. The fraction of sp³-hybridized carbons (Fsp3) is 0.0250. The number of hydrogen-bond acceptors (Lipinski definition) is 7. The molecule has 5 heterocycles. The number of fused-ring (bicyclic) bond motifs is 2. The number of nitrogens with one attached hydrogen (secondary N) is 4. The van der Waals surface area contributed by atoms with Crippen molar-refractivity contribution in [2.75, 3.05) is 10.6 Å². The predicted octanol–water partition coefficient (Wildman–Crippen LogP) is 9.01. The van der Waals surface area contributed by atoms with Crippen molar-refractivity contribution in [2.24, 2.45) is 0 Å². The van der Waals surface area contributed by atoms with E-state index in [1.807, 2.05) is 36.5 Å². The maximum Gasteiger partial charge on any atom is 0.321 e. The first kappa shape index (κ1) is 35.2. The van der Waals surface area contributed by atoms with Gasteiger partial charge in [-0.25, -0.2) is 14.4 Å². The van der Waals surface area contributed by atoms with Crippen molar-refractivity contribution in [1.82, 2.24) is 19.9 Å². The van der Waals surface area contributed by atoms with E-state index in [1.165, 1.54) is 43.3 Å². The number of nitrogens with zero attached hydrogens (tertiary/aromatic N) is 3. The number of anilines is 2. The molecule has 0 unspecified atom stereocenters. The van der Waals surface area contributed by atoms with Crippen molar-refractivity contribution in [1.29, 1.82) is 0 Å². The zero-order valence-electron chi connectivity index (χ0n) is 28.3. The average Bonchev–Trinajstić information content (AvgIpc) is 3.86. The van der Waals surface area contributed by atoms with Crippen molar-refractivity contribution in [3.63, 3.8) is 0 Å². The van der Waals surface area contributed by atoms with Crippen molar-refractivity contribution in [2.45, 2.75) is 6.92 Å². The number of hydrogen-bond donors (Lipinski definition) is 4. The normalized spacial score (nSPS) is 10.7. The molecular weight excluding hydrogens is 713 g/mol. The molecule has 12 nitrogen and oxygen atoms in total. The molecule has 54 heavy (non-hydrogen) atoms. The summed E-state index contributed by atoms with van der Waals surface area (Å²) >= 11 is 6.39. The second kappa shape index (κ2) is 15.6. The lowest BCUT2D eigenvalue weighted by molar-refractivity contribution is -0.595. The summed E-state index contributed by atoms with van der Waals surface area (Å²) < 4.78 is 25.5. The standard InChI is InChI=1S/C25H16ClFN4O3.C15H13N3O2/c26-19-14-17(8-9-23(19)34-22-11-13-29-24-18(22)10-12-28-24)30-25(32)21-3-1-2-20(31(21)33)15-4-6-16(27)7-5-15;1-10(19)18-11-2-4-12(5-3-11)20-14-7-9-17-15-13(14)6-8-16-15/h1-14H,(H,28,29)(H,30,32);2-9H,1H3,(H,16,17)(H,18,19). The smallest absolute Gasteiger partial charge is 0.321 e. The highest BCUT2D eigenvalue weighted by Crippen LogP contribution is 2.35. The maximum absolute atomic E-state index is 13.2. The summed E-state index contributed by atoms with van der Waals surface area (Å²) in [4.78, 5) is 38.2. The molecule has 4 N–H and O–H groups in total. The number of H-pyrrole nitrogens is 2. The van der Waals surface area contributed by atoms with E-state index in [4.69, 9.17) is 21.1 Å². The third kappa shape index (κ3) is 7.96. The van der Waals surface area contributed by atoms with Crippen LogP contribution in [-0.4, -0.2) is 31.8 Å². The van der Waals surface area contributed by atoms with Crippen LogP contribution in [0.3, 0.4) is 0 Å². The third-order valence-electron chi connectivity index (χ3n) is 7.97. The number of carbonyl (C=O) groups excluding carboxylic acids is 2. The lowest BCUT2D eigenvalue weighted by Gasteiger charge is -2.12. The van der Waals surface area contributed by atoms with Crippen LogP contribution in [0.15, 0.2) is 134 Å².